The van der Waals surface area contributed by atoms with E-state index >= 15 is 0 Å². The number of aromatic nitrogens is 1. The van der Waals surface area contributed by atoms with Crippen molar-refractivity contribution in [2.24, 2.45) is 5.73 Å². The summed E-state index contributed by atoms with van der Waals surface area (Å²) in [6.45, 7) is 1.69. The van der Waals surface area contributed by atoms with Crippen molar-refractivity contribution in [2.75, 3.05) is 25.1 Å². The van der Waals surface area contributed by atoms with Crippen LogP contribution in [0.4, 0.5) is 0 Å². The zero-order chi connectivity index (χ0) is 13.9. The molecule has 2 N–H and O–H groups in total. The van der Waals surface area contributed by atoms with Crippen LogP contribution in [0.25, 0.3) is 11.3 Å². The molecule has 20 heavy (non-hydrogen) atoms. The second-order valence-electron chi connectivity index (χ2n) is 4.97. The van der Waals surface area contributed by atoms with Gasteiger partial charge in [0.05, 0.1) is 11.7 Å². The van der Waals surface area contributed by atoms with Gasteiger partial charge in [-0.2, -0.15) is 11.8 Å². The van der Waals surface area contributed by atoms with E-state index in [-0.39, 0.29) is 0 Å². The predicted octanol–water partition coefficient (Wildman–Crippen LogP) is 2.99. The molecule has 0 aliphatic carbocycles. The summed E-state index contributed by atoms with van der Waals surface area (Å²) in [4.78, 5) is 8.51. The van der Waals surface area contributed by atoms with Crippen LogP contribution in [0.1, 0.15) is 15.9 Å². The first-order chi connectivity index (χ1) is 9.79. The number of benzene rings is 1. The van der Waals surface area contributed by atoms with Gasteiger partial charge >= 0.3 is 0 Å². The van der Waals surface area contributed by atoms with Gasteiger partial charge in [-0.1, -0.05) is 30.3 Å². The lowest BCUT2D eigenvalue weighted by Crippen LogP contribution is -2.32. The van der Waals surface area contributed by atoms with Gasteiger partial charge in [0.15, 0.2) is 0 Å². The molecule has 0 saturated carbocycles. The standard InChI is InChI=1S/C15H19N3S2/c1-18-7-8-19-10-12(18)15-17-14(13(9-16)20-15)11-5-3-2-4-6-11/h2-6,12H,7-10,16H2,1H3. The Labute approximate surface area is 128 Å². The van der Waals surface area contributed by atoms with E-state index in [0.717, 1.165) is 18.0 Å². The first-order valence-electron chi connectivity index (χ1n) is 6.82. The van der Waals surface area contributed by atoms with Gasteiger partial charge in [0.2, 0.25) is 0 Å². The summed E-state index contributed by atoms with van der Waals surface area (Å²) in [6, 6.07) is 10.8. The van der Waals surface area contributed by atoms with E-state index in [1.807, 2.05) is 17.8 Å². The minimum atomic E-state index is 0.432. The Bertz CT molecular complexity index is 568. The second-order valence-corrected chi connectivity index (χ2v) is 7.23. The summed E-state index contributed by atoms with van der Waals surface area (Å²) in [6.07, 6.45) is 0. The van der Waals surface area contributed by atoms with Crippen LogP contribution in [-0.4, -0.2) is 35.0 Å². The van der Waals surface area contributed by atoms with Crippen LogP contribution in [-0.2, 0) is 6.54 Å². The number of hydrogen-bond donors (Lipinski definition) is 1. The van der Waals surface area contributed by atoms with Gasteiger partial charge in [-0.15, -0.1) is 11.3 Å². The highest BCUT2D eigenvalue weighted by Gasteiger charge is 2.25. The molecule has 0 spiro atoms. The van der Waals surface area contributed by atoms with E-state index < -0.39 is 0 Å². The molecule has 0 amide bonds. The van der Waals surface area contributed by atoms with Crippen molar-refractivity contribution < 1.29 is 0 Å². The van der Waals surface area contributed by atoms with Crippen molar-refractivity contribution in [2.45, 2.75) is 12.6 Å². The molecule has 1 fully saturated rings. The normalized spacial score (nSPS) is 20.2. The van der Waals surface area contributed by atoms with Crippen LogP contribution in [0, 0.1) is 0 Å². The monoisotopic (exact) mass is 305 g/mol. The molecule has 1 aliphatic heterocycles. The van der Waals surface area contributed by atoms with Crippen LogP contribution in [0.3, 0.4) is 0 Å². The molecule has 3 rings (SSSR count). The maximum atomic E-state index is 5.92. The molecular weight excluding hydrogens is 286 g/mol. The van der Waals surface area contributed by atoms with E-state index in [9.17, 15) is 0 Å². The van der Waals surface area contributed by atoms with Gasteiger partial charge in [-0.05, 0) is 7.05 Å². The number of nitrogens with two attached hydrogens (primary N) is 1. The lowest BCUT2D eigenvalue weighted by molar-refractivity contribution is 0.274. The molecule has 1 aliphatic rings. The quantitative estimate of drug-likeness (QED) is 0.946. The first kappa shape index (κ1) is 14.1. The minimum absolute atomic E-state index is 0.432. The fourth-order valence-electron chi connectivity index (χ4n) is 2.42. The van der Waals surface area contributed by atoms with Crippen LogP contribution in [0.15, 0.2) is 30.3 Å². The average molecular weight is 305 g/mol. The van der Waals surface area contributed by atoms with Crippen molar-refractivity contribution in [3.63, 3.8) is 0 Å². The van der Waals surface area contributed by atoms with Gasteiger partial charge in [0.1, 0.15) is 5.01 Å². The minimum Gasteiger partial charge on any atom is -0.326 e. The molecule has 2 aromatic rings. The fraction of sp³-hybridized carbons (Fsp3) is 0.400. The summed E-state index contributed by atoms with van der Waals surface area (Å²) in [5.41, 5.74) is 8.15. The molecule has 0 bridgehead atoms. The Morgan fingerprint density at radius 1 is 1.35 bits per heavy atom. The van der Waals surface area contributed by atoms with Gasteiger partial charge in [-0.25, -0.2) is 4.98 Å². The smallest absolute Gasteiger partial charge is 0.112 e. The highest BCUT2D eigenvalue weighted by atomic mass is 32.2. The largest absolute Gasteiger partial charge is 0.326 e. The maximum absolute atomic E-state index is 5.92. The molecule has 1 aromatic carbocycles. The molecule has 3 nitrogen and oxygen atoms in total. The third-order valence-corrected chi connectivity index (χ3v) is 5.83. The molecule has 1 saturated heterocycles. The number of thiazole rings is 1. The van der Waals surface area contributed by atoms with E-state index in [1.165, 1.54) is 21.2 Å². The molecule has 1 atom stereocenters. The zero-order valence-corrected chi connectivity index (χ0v) is 13.2. The number of thioether (sulfide) groups is 1. The van der Waals surface area contributed by atoms with Crippen LogP contribution in [0.5, 0.6) is 0 Å². The van der Waals surface area contributed by atoms with Crippen LogP contribution < -0.4 is 5.73 Å². The zero-order valence-electron chi connectivity index (χ0n) is 11.6. The molecule has 2 heterocycles. The highest BCUT2D eigenvalue weighted by molar-refractivity contribution is 7.99. The van der Waals surface area contributed by atoms with E-state index in [4.69, 9.17) is 10.7 Å². The third kappa shape index (κ3) is 2.76. The lowest BCUT2D eigenvalue weighted by atomic mass is 10.1. The SMILES string of the molecule is CN1CCSCC1c1nc(-c2ccccc2)c(CN)s1. The molecule has 5 heteroatoms. The Balaban J connectivity index is 1.96. The van der Waals surface area contributed by atoms with Gasteiger partial charge in [-0.3, -0.25) is 4.90 Å². The summed E-state index contributed by atoms with van der Waals surface area (Å²) in [7, 11) is 2.19. The van der Waals surface area contributed by atoms with Gasteiger partial charge in [0.25, 0.3) is 0 Å². The lowest BCUT2D eigenvalue weighted by Gasteiger charge is -2.30. The van der Waals surface area contributed by atoms with Gasteiger partial charge < -0.3 is 5.73 Å². The van der Waals surface area contributed by atoms with E-state index in [0.29, 0.717) is 12.6 Å². The van der Waals surface area contributed by atoms with Crippen molar-refractivity contribution in [3.05, 3.63) is 40.2 Å². The summed E-state index contributed by atoms with van der Waals surface area (Å²) in [5.74, 6) is 2.34. The topological polar surface area (TPSA) is 42.2 Å². The van der Waals surface area contributed by atoms with E-state index in [1.54, 1.807) is 11.3 Å². The van der Waals surface area contributed by atoms with E-state index in [2.05, 4.69) is 36.2 Å². The van der Waals surface area contributed by atoms with Crippen molar-refractivity contribution >= 4 is 23.1 Å². The molecule has 106 valence electrons. The Morgan fingerprint density at radius 3 is 2.85 bits per heavy atom. The summed E-state index contributed by atoms with van der Waals surface area (Å²) >= 11 is 3.79. The first-order valence-corrected chi connectivity index (χ1v) is 8.80. The van der Waals surface area contributed by atoms with Crippen LogP contribution in [0.2, 0.25) is 0 Å². The predicted molar refractivity (Wildman–Crippen MR) is 88.1 cm³/mol. The molecule has 1 unspecified atom stereocenters. The Morgan fingerprint density at radius 2 is 2.15 bits per heavy atom. The highest BCUT2D eigenvalue weighted by Crippen LogP contribution is 2.35. The van der Waals surface area contributed by atoms with Crippen LogP contribution >= 0.6 is 23.1 Å². The van der Waals surface area contributed by atoms with Crippen molar-refractivity contribution in [1.82, 2.24) is 9.88 Å². The second kappa shape index (κ2) is 6.26. The maximum Gasteiger partial charge on any atom is 0.112 e. The third-order valence-electron chi connectivity index (χ3n) is 3.63. The molecule has 1 aromatic heterocycles. The summed E-state index contributed by atoms with van der Waals surface area (Å²) < 4.78 is 0. The molecule has 0 radical (unpaired) electrons. The molecular formula is C15H19N3S2. The average Bonchev–Trinajstić information content (AvgIpc) is 2.92. The number of rotatable bonds is 3. The van der Waals surface area contributed by atoms with Gasteiger partial charge in [0, 0.05) is 35.0 Å². The van der Waals surface area contributed by atoms with Crippen molar-refractivity contribution in [1.29, 1.82) is 0 Å². The van der Waals surface area contributed by atoms with Crippen molar-refractivity contribution in [3.8, 4) is 11.3 Å². The fourth-order valence-corrected chi connectivity index (χ4v) is 4.88. The number of hydrogen-bond acceptors (Lipinski definition) is 5. The Hall–Kier alpha value is -0.880. The summed E-state index contributed by atoms with van der Waals surface area (Å²) in [5, 5.41) is 1.21. The Kier molecular flexibility index (Phi) is 4.41. The number of nitrogens with zero attached hydrogens (tertiary/aromatic N) is 2.